The quantitative estimate of drug-likeness (QED) is 0.721. The highest BCUT2D eigenvalue weighted by Gasteiger charge is 2.09. The van der Waals surface area contributed by atoms with E-state index in [4.69, 9.17) is 10.8 Å². The summed E-state index contributed by atoms with van der Waals surface area (Å²) in [5.74, 6) is -0.0444. The smallest absolute Gasteiger partial charge is 0.255 e. The van der Waals surface area contributed by atoms with Crippen LogP contribution in [0.1, 0.15) is 15.9 Å². The van der Waals surface area contributed by atoms with Crippen molar-refractivity contribution in [2.24, 2.45) is 5.73 Å². The van der Waals surface area contributed by atoms with Crippen molar-refractivity contribution in [3.8, 4) is 5.75 Å². The maximum Gasteiger partial charge on any atom is 0.255 e. The van der Waals surface area contributed by atoms with Crippen LogP contribution in [0.25, 0.3) is 0 Å². The van der Waals surface area contributed by atoms with Crippen LogP contribution in [0.3, 0.4) is 0 Å². The van der Waals surface area contributed by atoms with Gasteiger partial charge in [0.15, 0.2) is 0 Å². The second-order valence-corrected chi connectivity index (χ2v) is 3.86. The van der Waals surface area contributed by atoms with E-state index in [1.807, 2.05) is 12.1 Å². The summed E-state index contributed by atoms with van der Waals surface area (Å²) in [4.78, 5) is 12.0. The highest BCUT2D eigenvalue weighted by Crippen LogP contribution is 2.16. The highest BCUT2D eigenvalue weighted by molar-refractivity contribution is 6.05. The Balaban J connectivity index is 2.19. The second kappa shape index (κ2) is 5.33. The number of benzene rings is 2. The molecule has 0 atom stereocenters. The summed E-state index contributed by atoms with van der Waals surface area (Å²) in [6.45, 7) is 0.319. The van der Waals surface area contributed by atoms with Crippen molar-refractivity contribution in [2.75, 3.05) is 5.32 Å². The van der Waals surface area contributed by atoms with E-state index in [2.05, 4.69) is 5.32 Å². The normalized spacial score (nSPS) is 10.1. The number of rotatable bonds is 3. The maximum absolute atomic E-state index is 12.0. The molecule has 0 aromatic heterocycles. The van der Waals surface area contributed by atoms with Crippen molar-refractivity contribution in [3.63, 3.8) is 0 Å². The van der Waals surface area contributed by atoms with Gasteiger partial charge < -0.3 is 16.2 Å². The van der Waals surface area contributed by atoms with Crippen LogP contribution in [0.4, 0.5) is 5.69 Å². The third-order valence-electron chi connectivity index (χ3n) is 2.61. The van der Waals surface area contributed by atoms with Gasteiger partial charge in [-0.3, -0.25) is 4.79 Å². The lowest BCUT2D eigenvalue weighted by molar-refractivity contribution is 0.102. The predicted octanol–water partition coefficient (Wildman–Crippen LogP) is 2.10. The molecule has 2 aromatic carbocycles. The van der Waals surface area contributed by atoms with E-state index in [1.165, 1.54) is 12.1 Å². The minimum Gasteiger partial charge on any atom is -0.508 e. The molecule has 0 unspecified atom stereocenters. The summed E-state index contributed by atoms with van der Waals surface area (Å²) in [6, 6.07) is 13.5. The number of carbonyl (C=O) groups excluding carboxylic acids is 1. The average Bonchev–Trinajstić information content (AvgIpc) is 2.41. The lowest BCUT2D eigenvalue weighted by Crippen LogP contribution is -2.15. The summed E-state index contributed by atoms with van der Waals surface area (Å²) in [6.07, 6.45) is 0. The SMILES string of the molecule is NCc1ccccc1C(=O)Nc1ccc(O)cc1. The molecule has 4 heteroatoms. The number of hydrogen-bond donors (Lipinski definition) is 3. The fourth-order valence-electron chi connectivity index (χ4n) is 1.66. The van der Waals surface area contributed by atoms with Gasteiger partial charge in [0.25, 0.3) is 5.91 Å². The largest absolute Gasteiger partial charge is 0.508 e. The second-order valence-electron chi connectivity index (χ2n) is 3.86. The molecule has 0 aliphatic rings. The summed E-state index contributed by atoms with van der Waals surface area (Å²) < 4.78 is 0. The number of phenolic OH excluding ortho intramolecular Hbond substituents is 1. The van der Waals surface area contributed by atoms with Crippen molar-refractivity contribution in [3.05, 3.63) is 59.7 Å². The summed E-state index contributed by atoms with van der Waals surface area (Å²) in [7, 11) is 0. The zero-order valence-electron chi connectivity index (χ0n) is 9.76. The van der Waals surface area contributed by atoms with Crippen LogP contribution >= 0.6 is 0 Å². The topological polar surface area (TPSA) is 75.4 Å². The van der Waals surface area contributed by atoms with Gasteiger partial charge in [-0.15, -0.1) is 0 Å². The molecule has 2 rings (SSSR count). The minimum absolute atomic E-state index is 0.162. The molecular weight excluding hydrogens is 228 g/mol. The number of nitrogens with two attached hydrogens (primary N) is 1. The molecular formula is C14H14N2O2. The first-order valence-electron chi connectivity index (χ1n) is 5.59. The van der Waals surface area contributed by atoms with E-state index in [0.29, 0.717) is 17.8 Å². The number of aromatic hydroxyl groups is 1. The molecule has 4 N–H and O–H groups in total. The van der Waals surface area contributed by atoms with Gasteiger partial charge in [0.2, 0.25) is 0 Å². The Kier molecular flexibility index (Phi) is 3.60. The molecule has 0 spiro atoms. The average molecular weight is 242 g/mol. The molecule has 1 amide bonds. The number of hydrogen-bond acceptors (Lipinski definition) is 3. The van der Waals surface area contributed by atoms with Crippen LogP contribution in [-0.2, 0) is 6.54 Å². The Labute approximate surface area is 105 Å². The van der Waals surface area contributed by atoms with Gasteiger partial charge >= 0.3 is 0 Å². The van der Waals surface area contributed by atoms with Crippen molar-refractivity contribution < 1.29 is 9.90 Å². The van der Waals surface area contributed by atoms with E-state index in [1.54, 1.807) is 24.3 Å². The van der Waals surface area contributed by atoms with Crippen molar-refractivity contribution >= 4 is 11.6 Å². The first-order chi connectivity index (χ1) is 8.70. The number of anilines is 1. The number of nitrogens with one attached hydrogen (secondary N) is 1. The molecule has 2 aromatic rings. The summed E-state index contributed by atoms with van der Waals surface area (Å²) >= 11 is 0. The third kappa shape index (κ3) is 2.67. The lowest BCUT2D eigenvalue weighted by atomic mass is 10.1. The number of phenols is 1. The molecule has 4 nitrogen and oxygen atoms in total. The van der Waals surface area contributed by atoms with Crippen molar-refractivity contribution in [2.45, 2.75) is 6.54 Å². The van der Waals surface area contributed by atoms with E-state index in [9.17, 15) is 4.79 Å². The molecule has 0 aliphatic heterocycles. The fraction of sp³-hybridized carbons (Fsp3) is 0.0714. The van der Waals surface area contributed by atoms with Gasteiger partial charge in [0.1, 0.15) is 5.75 Å². The van der Waals surface area contributed by atoms with E-state index in [-0.39, 0.29) is 11.7 Å². The Morgan fingerprint density at radius 1 is 1.11 bits per heavy atom. The number of carbonyl (C=O) groups is 1. The molecule has 0 fully saturated rings. The molecule has 0 radical (unpaired) electrons. The Hall–Kier alpha value is -2.33. The Morgan fingerprint density at radius 2 is 1.78 bits per heavy atom. The summed E-state index contributed by atoms with van der Waals surface area (Å²) in [5.41, 5.74) is 7.58. The van der Waals surface area contributed by atoms with Gasteiger partial charge in [-0.2, -0.15) is 0 Å². The molecule has 92 valence electrons. The molecule has 0 saturated heterocycles. The van der Waals surface area contributed by atoms with Gasteiger partial charge in [0.05, 0.1) is 0 Å². The first kappa shape index (κ1) is 12.1. The van der Waals surface area contributed by atoms with Gasteiger partial charge in [-0.1, -0.05) is 18.2 Å². The standard InChI is InChI=1S/C14H14N2O2/c15-9-10-3-1-2-4-13(10)14(18)16-11-5-7-12(17)8-6-11/h1-8,17H,9,15H2,(H,16,18). The zero-order valence-corrected chi connectivity index (χ0v) is 9.76. The predicted molar refractivity (Wildman–Crippen MR) is 70.4 cm³/mol. The minimum atomic E-state index is -0.207. The molecule has 18 heavy (non-hydrogen) atoms. The van der Waals surface area contributed by atoms with Crippen molar-refractivity contribution in [1.82, 2.24) is 0 Å². The van der Waals surface area contributed by atoms with Crippen LogP contribution in [0.15, 0.2) is 48.5 Å². The Morgan fingerprint density at radius 3 is 2.44 bits per heavy atom. The molecule has 0 saturated carbocycles. The van der Waals surface area contributed by atoms with E-state index in [0.717, 1.165) is 5.56 Å². The first-order valence-corrected chi connectivity index (χ1v) is 5.59. The van der Waals surface area contributed by atoms with Crippen LogP contribution in [0.5, 0.6) is 5.75 Å². The van der Waals surface area contributed by atoms with Crippen LogP contribution in [0, 0.1) is 0 Å². The molecule has 0 aliphatic carbocycles. The number of amides is 1. The third-order valence-corrected chi connectivity index (χ3v) is 2.61. The highest BCUT2D eigenvalue weighted by atomic mass is 16.3. The molecule has 0 heterocycles. The summed E-state index contributed by atoms with van der Waals surface area (Å²) in [5, 5.41) is 11.9. The van der Waals surface area contributed by atoms with Crippen LogP contribution in [0.2, 0.25) is 0 Å². The van der Waals surface area contributed by atoms with Crippen LogP contribution < -0.4 is 11.1 Å². The zero-order chi connectivity index (χ0) is 13.0. The van der Waals surface area contributed by atoms with Crippen molar-refractivity contribution in [1.29, 1.82) is 0 Å². The monoisotopic (exact) mass is 242 g/mol. The van der Waals surface area contributed by atoms with Crippen LogP contribution in [-0.4, -0.2) is 11.0 Å². The van der Waals surface area contributed by atoms with E-state index >= 15 is 0 Å². The van der Waals surface area contributed by atoms with Gasteiger partial charge in [0, 0.05) is 17.8 Å². The fourth-order valence-corrected chi connectivity index (χ4v) is 1.66. The molecule has 0 bridgehead atoms. The Bertz CT molecular complexity index is 550. The van der Waals surface area contributed by atoms with Gasteiger partial charge in [-0.25, -0.2) is 0 Å². The maximum atomic E-state index is 12.0. The van der Waals surface area contributed by atoms with Gasteiger partial charge in [-0.05, 0) is 35.9 Å². The lowest BCUT2D eigenvalue weighted by Gasteiger charge is -2.08. The van der Waals surface area contributed by atoms with E-state index < -0.39 is 0 Å².